The molecule has 1 aromatic rings. The SMILES string of the molecule is C=C.CC.CNc1c(C)cc(C)c(C)c1C. The van der Waals surface area contributed by atoms with Gasteiger partial charge in [-0.25, -0.2) is 0 Å². The summed E-state index contributed by atoms with van der Waals surface area (Å²) in [5, 5.41) is 3.23. The van der Waals surface area contributed by atoms with Gasteiger partial charge in [0.25, 0.3) is 0 Å². The summed E-state index contributed by atoms with van der Waals surface area (Å²) in [6, 6.07) is 2.23. The van der Waals surface area contributed by atoms with E-state index in [9.17, 15) is 0 Å². The van der Waals surface area contributed by atoms with Crippen molar-refractivity contribution in [2.45, 2.75) is 41.5 Å². The maximum atomic E-state index is 3.23. The molecule has 0 unspecified atom stereocenters. The molecule has 0 aromatic heterocycles. The highest BCUT2D eigenvalue weighted by molar-refractivity contribution is 5.60. The summed E-state index contributed by atoms with van der Waals surface area (Å²) >= 11 is 0. The third-order valence-electron chi connectivity index (χ3n) is 2.61. The Morgan fingerprint density at radius 1 is 0.875 bits per heavy atom. The molecule has 92 valence electrons. The van der Waals surface area contributed by atoms with Crippen molar-refractivity contribution in [2.75, 3.05) is 12.4 Å². The highest BCUT2D eigenvalue weighted by Crippen LogP contribution is 2.25. The van der Waals surface area contributed by atoms with E-state index in [2.05, 4.69) is 52.2 Å². The molecule has 1 heteroatoms. The van der Waals surface area contributed by atoms with E-state index >= 15 is 0 Å². The monoisotopic (exact) mass is 221 g/mol. The summed E-state index contributed by atoms with van der Waals surface area (Å²) in [6.45, 7) is 18.6. The molecule has 16 heavy (non-hydrogen) atoms. The Bertz CT molecular complexity index is 314. The lowest BCUT2D eigenvalue weighted by Crippen LogP contribution is -1.98. The van der Waals surface area contributed by atoms with Crippen molar-refractivity contribution in [3.8, 4) is 0 Å². The number of hydrogen-bond donors (Lipinski definition) is 1. The normalized spacial score (nSPS) is 8.19. The smallest absolute Gasteiger partial charge is 0.0399 e. The predicted octanol–water partition coefficient (Wildman–Crippen LogP) is 4.79. The molecule has 0 fully saturated rings. The second-order valence-electron chi connectivity index (χ2n) is 3.39. The first-order valence-corrected chi connectivity index (χ1v) is 5.83. The van der Waals surface area contributed by atoms with Gasteiger partial charge in [-0.2, -0.15) is 0 Å². The first kappa shape index (κ1) is 17.2. The molecule has 0 radical (unpaired) electrons. The van der Waals surface area contributed by atoms with Crippen molar-refractivity contribution in [3.05, 3.63) is 41.5 Å². The number of benzene rings is 1. The van der Waals surface area contributed by atoms with Crippen molar-refractivity contribution in [2.24, 2.45) is 0 Å². The fraction of sp³-hybridized carbons (Fsp3) is 0.467. The van der Waals surface area contributed by atoms with Crippen LogP contribution < -0.4 is 5.32 Å². The van der Waals surface area contributed by atoms with Gasteiger partial charge in [-0.05, 0) is 49.9 Å². The van der Waals surface area contributed by atoms with Gasteiger partial charge in [0, 0.05) is 12.7 Å². The number of rotatable bonds is 1. The van der Waals surface area contributed by atoms with Gasteiger partial charge in [0.15, 0.2) is 0 Å². The Hall–Kier alpha value is -1.24. The van der Waals surface area contributed by atoms with Crippen molar-refractivity contribution < 1.29 is 0 Å². The molecule has 0 saturated carbocycles. The third kappa shape index (κ3) is 4.09. The highest BCUT2D eigenvalue weighted by Gasteiger charge is 2.05. The van der Waals surface area contributed by atoms with Crippen LogP contribution in [0.25, 0.3) is 0 Å². The molecule has 1 nitrogen and oxygen atoms in total. The van der Waals surface area contributed by atoms with Crippen LogP contribution in [-0.2, 0) is 0 Å². The van der Waals surface area contributed by atoms with Crippen LogP contribution in [0.15, 0.2) is 19.2 Å². The summed E-state index contributed by atoms with van der Waals surface area (Å²) in [6.07, 6.45) is 0. The van der Waals surface area contributed by atoms with Crippen LogP contribution in [0.1, 0.15) is 36.1 Å². The molecular weight excluding hydrogens is 194 g/mol. The highest BCUT2D eigenvalue weighted by atomic mass is 14.8. The lowest BCUT2D eigenvalue weighted by molar-refractivity contribution is 1.22. The molecule has 0 aliphatic heterocycles. The van der Waals surface area contributed by atoms with E-state index in [1.165, 1.54) is 27.9 Å². The fourth-order valence-electron chi connectivity index (χ4n) is 1.67. The Labute approximate surface area is 102 Å². The van der Waals surface area contributed by atoms with Gasteiger partial charge in [-0.1, -0.05) is 19.9 Å². The average molecular weight is 221 g/mol. The third-order valence-corrected chi connectivity index (χ3v) is 2.61. The Morgan fingerprint density at radius 3 is 1.69 bits per heavy atom. The molecular formula is C15H27N. The van der Waals surface area contributed by atoms with Crippen LogP contribution >= 0.6 is 0 Å². The maximum Gasteiger partial charge on any atom is 0.0399 e. The zero-order valence-corrected chi connectivity index (χ0v) is 12.0. The summed E-state index contributed by atoms with van der Waals surface area (Å²) in [4.78, 5) is 0. The zero-order valence-electron chi connectivity index (χ0n) is 12.0. The minimum Gasteiger partial charge on any atom is -0.388 e. The number of hydrogen-bond acceptors (Lipinski definition) is 1. The van der Waals surface area contributed by atoms with Gasteiger partial charge in [0.05, 0.1) is 0 Å². The minimum absolute atomic E-state index is 1.28. The summed E-state index contributed by atoms with van der Waals surface area (Å²) in [7, 11) is 1.98. The molecule has 0 atom stereocenters. The molecule has 0 aliphatic rings. The van der Waals surface area contributed by atoms with Gasteiger partial charge in [0.1, 0.15) is 0 Å². The molecule has 1 N–H and O–H groups in total. The molecule has 0 saturated heterocycles. The summed E-state index contributed by atoms with van der Waals surface area (Å²) in [5.74, 6) is 0. The lowest BCUT2D eigenvalue weighted by Gasteiger charge is -2.13. The molecule has 1 rings (SSSR count). The number of anilines is 1. The predicted molar refractivity (Wildman–Crippen MR) is 77.5 cm³/mol. The van der Waals surface area contributed by atoms with Crippen LogP contribution in [0.4, 0.5) is 5.69 Å². The first-order chi connectivity index (χ1) is 7.57. The standard InChI is InChI=1S/C11H17N.C2H6.C2H4/c1-7-6-8(2)11(12-5)10(4)9(7)3;2*1-2/h6,12H,1-5H3;1-2H3;1-2H2. The molecule has 0 spiro atoms. The molecule has 0 heterocycles. The summed E-state index contributed by atoms with van der Waals surface area (Å²) in [5.41, 5.74) is 6.75. The van der Waals surface area contributed by atoms with Gasteiger partial charge in [-0.15, -0.1) is 13.2 Å². The van der Waals surface area contributed by atoms with Crippen LogP contribution in [0.5, 0.6) is 0 Å². The minimum atomic E-state index is 1.28. The molecule has 1 aromatic carbocycles. The number of nitrogens with one attached hydrogen (secondary N) is 1. The van der Waals surface area contributed by atoms with E-state index in [0.717, 1.165) is 0 Å². The zero-order chi connectivity index (χ0) is 13.3. The van der Waals surface area contributed by atoms with Crippen molar-refractivity contribution in [1.82, 2.24) is 0 Å². The lowest BCUT2D eigenvalue weighted by atomic mass is 9.99. The molecule has 0 amide bonds. The van der Waals surface area contributed by atoms with Crippen molar-refractivity contribution >= 4 is 5.69 Å². The Morgan fingerprint density at radius 2 is 1.31 bits per heavy atom. The first-order valence-electron chi connectivity index (χ1n) is 5.83. The van der Waals surface area contributed by atoms with E-state index in [-0.39, 0.29) is 0 Å². The van der Waals surface area contributed by atoms with Crippen molar-refractivity contribution in [1.29, 1.82) is 0 Å². The van der Waals surface area contributed by atoms with E-state index < -0.39 is 0 Å². The summed E-state index contributed by atoms with van der Waals surface area (Å²) < 4.78 is 0. The maximum absolute atomic E-state index is 3.23. The van der Waals surface area contributed by atoms with Crippen LogP contribution in [0, 0.1) is 27.7 Å². The van der Waals surface area contributed by atoms with Crippen LogP contribution in [0.2, 0.25) is 0 Å². The van der Waals surface area contributed by atoms with E-state index in [4.69, 9.17) is 0 Å². The van der Waals surface area contributed by atoms with Crippen LogP contribution in [-0.4, -0.2) is 7.05 Å². The number of aryl methyl sites for hydroxylation is 2. The average Bonchev–Trinajstić information content (AvgIpc) is 2.32. The van der Waals surface area contributed by atoms with Gasteiger partial charge >= 0.3 is 0 Å². The second-order valence-corrected chi connectivity index (χ2v) is 3.39. The topological polar surface area (TPSA) is 12.0 Å². The van der Waals surface area contributed by atoms with E-state index in [1.54, 1.807) is 0 Å². The Kier molecular flexibility index (Phi) is 9.68. The van der Waals surface area contributed by atoms with Gasteiger partial charge in [-0.3, -0.25) is 0 Å². The van der Waals surface area contributed by atoms with Gasteiger partial charge in [0.2, 0.25) is 0 Å². The fourth-order valence-corrected chi connectivity index (χ4v) is 1.67. The van der Waals surface area contributed by atoms with Gasteiger partial charge < -0.3 is 5.32 Å². The van der Waals surface area contributed by atoms with Crippen molar-refractivity contribution in [3.63, 3.8) is 0 Å². The molecule has 0 bridgehead atoms. The largest absolute Gasteiger partial charge is 0.388 e. The molecule has 0 aliphatic carbocycles. The van der Waals surface area contributed by atoms with E-state index in [1.807, 2.05) is 20.9 Å². The quantitative estimate of drug-likeness (QED) is 0.672. The Balaban J connectivity index is 0. The van der Waals surface area contributed by atoms with Crippen LogP contribution in [0.3, 0.4) is 0 Å². The van der Waals surface area contributed by atoms with E-state index in [0.29, 0.717) is 0 Å². The second kappa shape index (κ2) is 9.02.